The molecule has 0 radical (unpaired) electrons. The maximum absolute atomic E-state index is 5.57. The fourth-order valence-corrected chi connectivity index (χ4v) is 3.61. The highest BCUT2D eigenvalue weighted by atomic mass is 16.5. The van der Waals surface area contributed by atoms with Crippen molar-refractivity contribution in [1.82, 2.24) is 4.98 Å². The van der Waals surface area contributed by atoms with E-state index in [0.29, 0.717) is 5.92 Å². The number of anilines is 1. The van der Waals surface area contributed by atoms with Crippen LogP contribution in [0.25, 0.3) is 10.9 Å². The SMILES string of the molecule is COc1ccc(OC)c([C@@H]2CCN(c3ccc4ccccc4n3)C2)c1. The predicted molar refractivity (Wildman–Crippen MR) is 101 cm³/mol. The molecular weight excluding hydrogens is 312 g/mol. The van der Waals surface area contributed by atoms with Crippen molar-refractivity contribution in [1.29, 1.82) is 0 Å². The third-order valence-corrected chi connectivity index (χ3v) is 4.97. The van der Waals surface area contributed by atoms with Crippen LogP contribution in [0.4, 0.5) is 5.82 Å². The lowest BCUT2D eigenvalue weighted by atomic mass is 9.97. The van der Waals surface area contributed by atoms with Crippen LogP contribution >= 0.6 is 0 Å². The van der Waals surface area contributed by atoms with Crippen LogP contribution in [0.15, 0.2) is 54.6 Å². The molecule has 4 heteroatoms. The maximum Gasteiger partial charge on any atom is 0.129 e. The summed E-state index contributed by atoms with van der Waals surface area (Å²) in [4.78, 5) is 7.19. The largest absolute Gasteiger partial charge is 0.497 e. The van der Waals surface area contributed by atoms with Gasteiger partial charge in [0, 0.05) is 30.0 Å². The first-order chi connectivity index (χ1) is 12.3. The molecule has 0 spiro atoms. The lowest BCUT2D eigenvalue weighted by Crippen LogP contribution is -2.20. The second-order valence-corrected chi connectivity index (χ2v) is 6.40. The molecular formula is C21H22N2O2. The zero-order chi connectivity index (χ0) is 17.2. The fourth-order valence-electron chi connectivity index (χ4n) is 3.61. The minimum absolute atomic E-state index is 0.415. The summed E-state index contributed by atoms with van der Waals surface area (Å²) in [5.74, 6) is 3.26. The number of benzene rings is 2. The van der Waals surface area contributed by atoms with Crippen LogP contribution in [0.2, 0.25) is 0 Å². The Bertz CT molecular complexity index is 894. The summed E-state index contributed by atoms with van der Waals surface area (Å²) < 4.78 is 11.0. The molecule has 0 N–H and O–H groups in total. The molecule has 2 aromatic carbocycles. The molecule has 4 rings (SSSR count). The second kappa shape index (κ2) is 6.63. The van der Waals surface area contributed by atoms with Gasteiger partial charge in [0.25, 0.3) is 0 Å². The Morgan fingerprint density at radius 3 is 2.72 bits per heavy atom. The quantitative estimate of drug-likeness (QED) is 0.714. The van der Waals surface area contributed by atoms with Gasteiger partial charge in [-0.05, 0) is 42.8 Å². The summed E-state index contributed by atoms with van der Waals surface area (Å²) in [7, 11) is 3.43. The predicted octanol–water partition coefficient (Wildman–Crippen LogP) is 4.25. The molecule has 4 nitrogen and oxygen atoms in total. The van der Waals surface area contributed by atoms with E-state index < -0.39 is 0 Å². The van der Waals surface area contributed by atoms with Crippen molar-refractivity contribution in [3.05, 3.63) is 60.2 Å². The van der Waals surface area contributed by atoms with Gasteiger partial charge in [-0.1, -0.05) is 18.2 Å². The molecule has 1 atom stereocenters. The van der Waals surface area contributed by atoms with Crippen molar-refractivity contribution >= 4 is 16.7 Å². The fraction of sp³-hybridized carbons (Fsp3) is 0.286. The van der Waals surface area contributed by atoms with Crippen LogP contribution in [-0.4, -0.2) is 32.3 Å². The Balaban J connectivity index is 1.60. The summed E-state index contributed by atoms with van der Waals surface area (Å²) in [6.45, 7) is 1.94. The first-order valence-electron chi connectivity index (χ1n) is 8.61. The van der Waals surface area contributed by atoms with E-state index >= 15 is 0 Å². The van der Waals surface area contributed by atoms with E-state index in [4.69, 9.17) is 14.5 Å². The Labute approximate surface area is 148 Å². The van der Waals surface area contributed by atoms with E-state index in [0.717, 1.165) is 42.3 Å². The molecule has 128 valence electrons. The number of hydrogen-bond acceptors (Lipinski definition) is 4. The monoisotopic (exact) mass is 334 g/mol. The molecule has 3 aromatic rings. The average Bonchev–Trinajstić information content (AvgIpc) is 3.17. The highest BCUT2D eigenvalue weighted by Gasteiger charge is 2.27. The standard InChI is InChI=1S/C21H22N2O2/c1-24-17-8-9-20(25-2)18(13-17)16-11-12-23(14-16)21-10-7-15-5-3-4-6-19(15)22-21/h3-10,13,16H,11-12,14H2,1-2H3/t16-/m1/s1. The van der Waals surface area contributed by atoms with Gasteiger partial charge in [-0.25, -0.2) is 4.98 Å². The molecule has 1 saturated heterocycles. The molecule has 1 fully saturated rings. The Morgan fingerprint density at radius 1 is 1.00 bits per heavy atom. The number of methoxy groups -OCH3 is 2. The van der Waals surface area contributed by atoms with Crippen molar-refractivity contribution in [2.75, 3.05) is 32.2 Å². The van der Waals surface area contributed by atoms with Crippen LogP contribution in [0.5, 0.6) is 11.5 Å². The summed E-state index contributed by atoms with van der Waals surface area (Å²) in [6, 6.07) is 18.5. The van der Waals surface area contributed by atoms with Crippen molar-refractivity contribution in [3.8, 4) is 11.5 Å². The van der Waals surface area contributed by atoms with Gasteiger partial charge in [-0.2, -0.15) is 0 Å². The molecule has 1 aliphatic heterocycles. The lowest BCUT2D eigenvalue weighted by molar-refractivity contribution is 0.396. The zero-order valence-corrected chi connectivity index (χ0v) is 14.6. The Hall–Kier alpha value is -2.75. The Kier molecular flexibility index (Phi) is 4.18. The van der Waals surface area contributed by atoms with E-state index in [2.05, 4.69) is 35.2 Å². The first-order valence-corrected chi connectivity index (χ1v) is 8.61. The van der Waals surface area contributed by atoms with Gasteiger partial charge in [0.1, 0.15) is 17.3 Å². The number of hydrogen-bond donors (Lipinski definition) is 0. The van der Waals surface area contributed by atoms with Crippen molar-refractivity contribution < 1.29 is 9.47 Å². The van der Waals surface area contributed by atoms with Crippen molar-refractivity contribution in [2.45, 2.75) is 12.3 Å². The minimum atomic E-state index is 0.415. The first kappa shape index (κ1) is 15.8. The topological polar surface area (TPSA) is 34.6 Å². The molecule has 0 amide bonds. The van der Waals surface area contributed by atoms with Gasteiger partial charge in [0.15, 0.2) is 0 Å². The highest BCUT2D eigenvalue weighted by molar-refractivity contribution is 5.80. The van der Waals surface area contributed by atoms with Gasteiger partial charge < -0.3 is 14.4 Å². The van der Waals surface area contributed by atoms with E-state index in [-0.39, 0.29) is 0 Å². The molecule has 0 aliphatic carbocycles. The minimum Gasteiger partial charge on any atom is -0.497 e. The molecule has 1 aromatic heterocycles. The Morgan fingerprint density at radius 2 is 1.88 bits per heavy atom. The van der Waals surface area contributed by atoms with E-state index in [1.807, 2.05) is 24.3 Å². The van der Waals surface area contributed by atoms with Crippen LogP contribution < -0.4 is 14.4 Å². The summed E-state index contributed by atoms with van der Waals surface area (Å²) in [5, 5.41) is 1.18. The number of fused-ring (bicyclic) bond motifs is 1. The van der Waals surface area contributed by atoms with Crippen LogP contribution in [0.3, 0.4) is 0 Å². The molecule has 0 unspecified atom stereocenters. The third kappa shape index (κ3) is 3.00. The number of ether oxygens (including phenoxy) is 2. The van der Waals surface area contributed by atoms with Crippen LogP contribution in [-0.2, 0) is 0 Å². The zero-order valence-electron chi connectivity index (χ0n) is 14.6. The molecule has 0 saturated carbocycles. The van der Waals surface area contributed by atoms with Gasteiger partial charge in [-0.15, -0.1) is 0 Å². The van der Waals surface area contributed by atoms with Gasteiger partial charge in [0.05, 0.1) is 19.7 Å². The average molecular weight is 334 g/mol. The van der Waals surface area contributed by atoms with Crippen molar-refractivity contribution in [2.24, 2.45) is 0 Å². The second-order valence-electron chi connectivity index (χ2n) is 6.40. The maximum atomic E-state index is 5.57. The van der Waals surface area contributed by atoms with Crippen LogP contribution in [0, 0.1) is 0 Å². The molecule has 25 heavy (non-hydrogen) atoms. The number of para-hydroxylation sites is 1. The number of nitrogens with zero attached hydrogens (tertiary/aromatic N) is 2. The van der Waals surface area contributed by atoms with Gasteiger partial charge in [-0.3, -0.25) is 0 Å². The van der Waals surface area contributed by atoms with Crippen LogP contribution in [0.1, 0.15) is 17.9 Å². The van der Waals surface area contributed by atoms with E-state index in [1.54, 1.807) is 14.2 Å². The van der Waals surface area contributed by atoms with Crippen molar-refractivity contribution in [3.63, 3.8) is 0 Å². The molecule has 2 heterocycles. The molecule has 0 bridgehead atoms. The summed E-state index contributed by atoms with van der Waals surface area (Å²) in [6.07, 6.45) is 1.08. The highest BCUT2D eigenvalue weighted by Crippen LogP contribution is 2.37. The number of aromatic nitrogens is 1. The third-order valence-electron chi connectivity index (χ3n) is 4.97. The number of rotatable bonds is 4. The smallest absolute Gasteiger partial charge is 0.129 e. The van der Waals surface area contributed by atoms with E-state index in [9.17, 15) is 0 Å². The molecule has 1 aliphatic rings. The summed E-state index contributed by atoms with van der Waals surface area (Å²) >= 11 is 0. The van der Waals surface area contributed by atoms with Gasteiger partial charge >= 0.3 is 0 Å². The normalized spacial score (nSPS) is 17.0. The van der Waals surface area contributed by atoms with Gasteiger partial charge in [0.2, 0.25) is 0 Å². The lowest BCUT2D eigenvalue weighted by Gasteiger charge is -2.19. The van der Waals surface area contributed by atoms with E-state index in [1.165, 1.54) is 10.9 Å². The summed E-state index contributed by atoms with van der Waals surface area (Å²) in [5.41, 5.74) is 2.26. The number of pyridine rings is 1.